The maximum Gasteiger partial charge on any atom is 0.263 e. The molecule has 160 valence electrons. The van der Waals surface area contributed by atoms with Crippen LogP contribution in [0.25, 0.3) is 0 Å². The number of benzene rings is 1. The lowest BCUT2D eigenvalue weighted by atomic mass is 9.96. The van der Waals surface area contributed by atoms with E-state index in [1.54, 1.807) is 0 Å². The van der Waals surface area contributed by atoms with Gasteiger partial charge in [-0.25, -0.2) is 0 Å². The molecule has 2 saturated heterocycles. The lowest BCUT2D eigenvalue weighted by molar-refractivity contribution is -0.126. The molecule has 1 aromatic carbocycles. The number of hydrogen-bond donors (Lipinski definition) is 1. The first-order chi connectivity index (χ1) is 14.7. The van der Waals surface area contributed by atoms with Gasteiger partial charge in [-0.3, -0.25) is 14.5 Å². The van der Waals surface area contributed by atoms with E-state index in [9.17, 15) is 9.59 Å². The predicted molar refractivity (Wildman–Crippen MR) is 117 cm³/mol. The second-order valence-electron chi connectivity index (χ2n) is 7.94. The van der Waals surface area contributed by atoms with Crippen LogP contribution in [0.3, 0.4) is 0 Å². The molecule has 4 rings (SSSR count). The zero-order valence-corrected chi connectivity index (χ0v) is 18.0. The molecule has 30 heavy (non-hydrogen) atoms. The summed E-state index contributed by atoms with van der Waals surface area (Å²) in [6.07, 6.45) is 1.69. The molecule has 1 N–H and O–H groups in total. The SMILES string of the molecule is O=C(NCc1ccccc1CN1CCOCC1)C1CCCN(C(=O)c2cccs2)C1. The average molecular weight is 428 g/mol. The molecule has 2 aliphatic rings. The summed E-state index contributed by atoms with van der Waals surface area (Å²) >= 11 is 1.45. The fraction of sp³-hybridized carbons (Fsp3) is 0.478. The van der Waals surface area contributed by atoms with Crippen molar-refractivity contribution in [2.45, 2.75) is 25.9 Å². The Balaban J connectivity index is 1.32. The lowest BCUT2D eigenvalue weighted by Crippen LogP contribution is -2.45. The Kier molecular flexibility index (Phi) is 7.15. The maximum absolute atomic E-state index is 12.9. The van der Waals surface area contributed by atoms with E-state index in [0.29, 0.717) is 13.1 Å². The van der Waals surface area contributed by atoms with Crippen LogP contribution in [0.1, 0.15) is 33.6 Å². The molecule has 2 amide bonds. The van der Waals surface area contributed by atoms with Crippen LogP contribution in [0.5, 0.6) is 0 Å². The molecule has 1 aromatic heterocycles. The van der Waals surface area contributed by atoms with Gasteiger partial charge in [0.2, 0.25) is 5.91 Å². The Bertz CT molecular complexity index is 849. The molecule has 0 radical (unpaired) electrons. The van der Waals surface area contributed by atoms with Crippen molar-refractivity contribution in [1.82, 2.24) is 15.1 Å². The van der Waals surface area contributed by atoms with E-state index in [0.717, 1.165) is 62.7 Å². The minimum absolute atomic E-state index is 0.0401. The summed E-state index contributed by atoms with van der Waals surface area (Å²) in [6, 6.07) is 12.0. The Morgan fingerprint density at radius 3 is 2.63 bits per heavy atom. The molecular formula is C23H29N3O3S. The molecule has 0 spiro atoms. The first-order valence-corrected chi connectivity index (χ1v) is 11.6. The van der Waals surface area contributed by atoms with E-state index in [4.69, 9.17) is 4.74 Å². The largest absolute Gasteiger partial charge is 0.379 e. The number of nitrogens with one attached hydrogen (secondary N) is 1. The van der Waals surface area contributed by atoms with Crippen LogP contribution >= 0.6 is 11.3 Å². The van der Waals surface area contributed by atoms with Crippen LogP contribution in [0, 0.1) is 5.92 Å². The summed E-state index contributed by atoms with van der Waals surface area (Å²) in [5.41, 5.74) is 2.40. The van der Waals surface area contributed by atoms with Crippen molar-refractivity contribution >= 4 is 23.2 Å². The van der Waals surface area contributed by atoms with Crippen molar-refractivity contribution in [3.63, 3.8) is 0 Å². The molecule has 0 saturated carbocycles. The van der Waals surface area contributed by atoms with Crippen LogP contribution < -0.4 is 5.32 Å². The molecule has 2 aliphatic heterocycles. The Morgan fingerprint density at radius 2 is 1.87 bits per heavy atom. The van der Waals surface area contributed by atoms with Crippen LogP contribution in [0.4, 0.5) is 0 Å². The monoisotopic (exact) mass is 427 g/mol. The van der Waals surface area contributed by atoms with Gasteiger partial charge in [0.15, 0.2) is 0 Å². The highest BCUT2D eigenvalue weighted by atomic mass is 32.1. The molecule has 7 heteroatoms. The van der Waals surface area contributed by atoms with Crippen LogP contribution in [-0.2, 0) is 22.6 Å². The highest BCUT2D eigenvalue weighted by Crippen LogP contribution is 2.21. The van der Waals surface area contributed by atoms with E-state index in [1.807, 2.05) is 28.5 Å². The Labute approximate surface area is 181 Å². The van der Waals surface area contributed by atoms with Gasteiger partial charge in [-0.2, -0.15) is 0 Å². The third-order valence-corrected chi connectivity index (χ3v) is 6.74. The minimum atomic E-state index is -0.144. The van der Waals surface area contributed by atoms with Gasteiger partial charge in [-0.05, 0) is 35.4 Å². The molecule has 1 atom stereocenters. The smallest absolute Gasteiger partial charge is 0.263 e. The molecule has 0 bridgehead atoms. The summed E-state index contributed by atoms with van der Waals surface area (Å²) in [4.78, 5) is 30.4. The fourth-order valence-corrected chi connectivity index (χ4v) is 4.83. The minimum Gasteiger partial charge on any atom is -0.379 e. The van der Waals surface area contributed by atoms with Crippen molar-refractivity contribution < 1.29 is 14.3 Å². The molecule has 0 aliphatic carbocycles. The number of thiophene rings is 1. The number of hydrogen-bond acceptors (Lipinski definition) is 5. The second kappa shape index (κ2) is 10.2. The summed E-state index contributed by atoms with van der Waals surface area (Å²) < 4.78 is 5.44. The average Bonchev–Trinajstić information content (AvgIpc) is 3.33. The number of rotatable bonds is 6. The Morgan fingerprint density at radius 1 is 1.07 bits per heavy atom. The number of morpholine rings is 1. The molecule has 6 nitrogen and oxygen atoms in total. The Hall–Kier alpha value is -2.22. The zero-order valence-electron chi connectivity index (χ0n) is 17.2. The predicted octanol–water partition coefficient (Wildman–Crippen LogP) is 2.75. The fourth-order valence-electron chi connectivity index (χ4n) is 4.14. The molecule has 3 heterocycles. The van der Waals surface area contributed by atoms with E-state index in [2.05, 4.69) is 28.4 Å². The van der Waals surface area contributed by atoms with Crippen LogP contribution in [0.15, 0.2) is 41.8 Å². The van der Waals surface area contributed by atoms with Gasteiger partial charge in [0.1, 0.15) is 0 Å². The van der Waals surface area contributed by atoms with E-state index in [-0.39, 0.29) is 17.7 Å². The van der Waals surface area contributed by atoms with Gasteiger partial charge in [-0.15, -0.1) is 11.3 Å². The number of amides is 2. The van der Waals surface area contributed by atoms with E-state index >= 15 is 0 Å². The standard InChI is InChI=1S/C23H29N3O3S/c27-22(20-7-3-9-26(17-20)23(28)21-8-4-14-30-21)24-15-18-5-1-2-6-19(18)16-25-10-12-29-13-11-25/h1-2,4-6,8,14,20H,3,7,9-13,15-17H2,(H,24,27). The van der Waals surface area contributed by atoms with Gasteiger partial charge in [0.05, 0.1) is 24.0 Å². The number of ether oxygens (including phenoxy) is 1. The zero-order chi connectivity index (χ0) is 20.8. The molecule has 2 fully saturated rings. The van der Waals surface area contributed by atoms with Crippen molar-refractivity contribution in [1.29, 1.82) is 0 Å². The molecule has 2 aromatic rings. The number of nitrogens with zero attached hydrogens (tertiary/aromatic N) is 2. The highest BCUT2D eigenvalue weighted by Gasteiger charge is 2.29. The second-order valence-corrected chi connectivity index (χ2v) is 8.89. The van der Waals surface area contributed by atoms with Gasteiger partial charge in [0.25, 0.3) is 5.91 Å². The number of carbonyl (C=O) groups is 2. The van der Waals surface area contributed by atoms with Crippen molar-refractivity contribution in [2.75, 3.05) is 39.4 Å². The van der Waals surface area contributed by atoms with Crippen LogP contribution in [0.2, 0.25) is 0 Å². The first kappa shape index (κ1) is 21.0. The highest BCUT2D eigenvalue weighted by molar-refractivity contribution is 7.12. The third-order valence-electron chi connectivity index (χ3n) is 5.88. The maximum atomic E-state index is 12.9. The van der Waals surface area contributed by atoms with E-state index < -0.39 is 0 Å². The number of piperidine rings is 1. The first-order valence-electron chi connectivity index (χ1n) is 10.7. The molecular weight excluding hydrogens is 398 g/mol. The van der Waals surface area contributed by atoms with Gasteiger partial charge in [0, 0.05) is 39.3 Å². The van der Waals surface area contributed by atoms with Crippen molar-refractivity contribution in [3.05, 3.63) is 57.8 Å². The summed E-state index contributed by atoms with van der Waals surface area (Å²) in [5.74, 6) is -0.0627. The number of carbonyl (C=O) groups excluding carboxylic acids is 2. The quantitative estimate of drug-likeness (QED) is 0.770. The van der Waals surface area contributed by atoms with Gasteiger partial charge >= 0.3 is 0 Å². The lowest BCUT2D eigenvalue weighted by Gasteiger charge is -2.32. The van der Waals surface area contributed by atoms with E-state index in [1.165, 1.54) is 16.9 Å². The summed E-state index contributed by atoms with van der Waals surface area (Å²) in [5, 5.41) is 5.04. The van der Waals surface area contributed by atoms with Gasteiger partial charge in [-0.1, -0.05) is 30.3 Å². The normalized spacial score (nSPS) is 20.1. The summed E-state index contributed by atoms with van der Waals surface area (Å²) in [6.45, 7) is 6.06. The van der Waals surface area contributed by atoms with Gasteiger partial charge < -0.3 is 15.0 Å². The van der Waals surface area contributed by atoms with Crippen molar-refractivity contribution in [3.8, 4) is 0 Å². The third kappa shape index (κ3) is 5.28. The summed E-state index contributed by atoms with van der Waals surface area (Å²) in [7, 11) is 0. The topological polar surface area (TPSA) is 61.9 Å². The number of likely N-dealkylation sites (tertiary alicyclic amines) is 1. The van der Waals surface area contributed by atoms with Crippen molar-refractivity contribution in [2.24, 2.45) is 5.92 Å². The van der Waals surface area contributed by atoms with Crippen LogP contribution in [-0.4, -0.2) is 61.0 Å². The molecule has 1 unspecified atom stereocenters.